The zero-order chi connectivity index (χ0) is 32.7. The van der Waals surface area contributed by atoms with Crippen molar-refractivity contribution >= 4 is 23.9 Å². The van der Waals surface area contributed by atoms with Crippen LogP contribution in [0.2, 0.25) is 0 Å². The van der Waals surface area contributed by atoms with Crippen molar-refractivity contribution in [3.05, 3.63) is 0 Å². The third kappa shape index (κ3) is 19.3. The Balaban J connectivity index is 4.91. The molecule has 250 valence electrons. The Labute approximate surface area is 261 Å². The Morgan fingerprint density at radius 2 is 1.38 bits per heavy atom. The number of hydrogen-bond acceptors (Lipinski definition) is 10. The van der Waals surface area contributed by atoms with Crippen LogP contribution in [-0.2, 0) is 28.5 Å². The third-order valence-electron chi connectivity index (χ3n) is 7.17. The zero-order valence-corrected chi connectivity index (χ0v) is 29.7. The maximum absolute atomic E-state index is 13.1. The first kappa shape index (κ1) is 40.9. The van der Waals surface area contributed by atoms with Crippen molar-refractivity contribution < 1.29 is 38.4 Å². The zero-order valence-electron chi connectivity index (χ0n) is 28.9. The van der Waals surface area contributed by atoms with Gasteiger partial charge in [-0.3, -0.25) is 4.79 Å². The highest BCUT2D eigenvalue weighted by Gasteiger charge is 2.42. The van der Waals surface area contributed by atoms with E-state index in [1.54, 1.807) is 32.5 Å². The van der Waals surface area contributed by atoms with Gasteiger partial charge in [0.1, 0.15) is 24.2 Å². The quantitative estimate of drug-likeness (QED) is 0.107. The topological polar surface area (TPSA) is 104 Å². The van der Waals surface area contributed by atoms with Crippen LogP contribution >= 0.6 is 11.8 Å². The fourth-order valence-electron chi connectivity index (χ4n) is 4.31. The largest absolute Gasteiger partial charge is 0.508 e. The van der Waals surface area contributed by atoms with E-state index in [1.165, 1.54) is 0 Å². The monoisotopic (exact) mass is 621 g/mol. The normalized spacial score (nSPS) is 15.7. The maximum Gasteiger partial charge on any atom is 0.508 e. The van der Waals surface area contributed by atoms with Gasteiger partial charge in [-0.05, 0) is 94.7 Å². The molecule has 0 aliphatic carbocycles. The van der Waals surface area contributed by atoms with E-state index in [0.29, 0.717) is 31.8 Å². The number of ether oxygens (including phenoxy) is 5. The standard InChI is InChI=1S/C32H63NO8S/c1-13-32(12,17-20-40-30(9,10)16-19-39-28(4,5)6)41-27(35)38-25-31(11,24-29(7,8)36)26(34)37-21-23-42-22-18-33(14-2)15-3/h36H,13-25H2,1-12H3. The summed E-state index contributed by atoms with van der Waals surface area (Å²) in [5, 5.41) is 10.5. The van der Waals surface area contributed by atoms with Gasteiger partial charge in [0.2, 0.25) is 0 Å². The van der Waals surface area contributed by atoms with Crippen LogP contribution in [0.3, 0.4) is 0 Å². The van der Waals surface area contributed by atoms with Crippen LogP contribution in [0, 0.1) is 5.41 Å². The van der Waals surface area contributed by atoms with Gasteiger partial charge in [-0.25, -0.2) is 4.79 Å². The van der Waals surface area contributed by atoms with Gasteiger partial charge in [-0.2, -0.15) is 11.8 Å². The Morgan fingerprint density at radius 1 is 0.786 bits per heavy atom. The predicted octanol–water partition coefficient (Wildman–Crippen LogP) is 6.48. The fourth-order valence-corrected chi connectivity index (χ4v) is 5.10. The van der Waals surface area contributed by atoms with Gasteiger partial charge in [0.15, 0.2) is 0 Å². The summed E-state index contributed by atoms with van der Waals surface area (Å²) >= 11 is 1.73. The van der Waals surface area contributed by atoms with E-state index in [9.17, 15) is 14.7 Å². The van der Waals surface area contributed by atoms with Gasteiger partial charge in [0.25, 0.3) is 0 Å². The van der Waals surface area contributed by atoms with Crippen LogP contribution in [0.4, 0.5) is 4.79 Å². The van der Waals surface area contributed by atoms with Gasteiger partial charge in [-0.15, -0.1) is 0 Å². The van der Waals surface area contributed by atoms with Crippen LogP contribution in [0.25, 0.3) is 0 Å². The number of rotatable bonds is 22. The van der Waals surface area contributed by atoms with Gasteiger partial charge >= 0.3 is 12.1 Å². The summed E-state index contributed by atoms with van der Waals surface area (Å²) in [6.07, 6.45) is 0.985. The van der Waals surface area contributed by atoms with Crippen molar-refractivity contribution in [3.8, 4) is 0 Å². The van der Waals surface area contributed by atoms with E-state index < -0.39 is 28.7 Å². The first-order chi connectivity index (χ1) is 19.2. The van der Waals surface area contributed by atoms with Crippen LogP contribution in [0.1, 0.15) is 109 Å². The molecule has 1 N–H and O–H groups in total. The van der Waals surface area contributed by atoms with Gasteiger partial charge in [-0.1, -0.05) is 20.8 Å². The molecule has 0 aliphatic rings. The molecule has 0 spiro atoms. The summed E-state index contributed by atoms with van der Waals surface area (Å²) in [6, 6.07) is 0. The van der Waals surface area contributed by atoms with E-state index in [0.717, 1.165) is 31.8 Å². The Bertz CT molecular complexity index is 775. The molecule has 42 heavy (non-hydrogen) atoms. The van der Waals surface area contributed by atoms with Gasteiger partial charge in [0.05, 0.1) is 23.4 Å². The lowest BCUT2D eigenvalue weighted by Gasteiger charge is -2.34. The van der Waals surface area contributed by atoms with E-state index in [-0.39, 0.29) is 30.8 Å². The molecular formula is C32H63NO8S. The Hall–Kier alpha value is -1.07. The molecule has 0 aliphatic heterocycles. The van der Waals surface area contributed by atoms with E-state index >= 15 is 0 Å². The lowest BCUT2D eigenvalue weighted by Crippen LogP contribution is -2.42. The summed E-state index contributed by atoms with van der Waals surface area (Å²) in [4.78, 5) is 28.2. The summed E-state index contributed by atoms with van der Waals surface area (Å²) < 4.78 is 28.7. The fraction of sp³-hybridized carbons (Fsp3) is 0.938. The SMILES string of the molecule is CCN(CC)CCSCCOC(=O)C(C)(COC(=O)OC(C)(CC)CCOC(C)(C)CCOC(C)(C)C)CC(C)(C)O. The van der Waals surface area contributed by atoms with Crippen molar-refractivity contribution in [2.75, 3.05) is 57.6 Å². The molecule has 0 heterocycles. The van der Waals surface area contributed by atoms with Crippen molar-refractivity contribution in [2.24, 2.45) is 5.41 Å². The number of nitrogens with zero attached hydrogens (tertiary/aromatic N) is 1. The highest BCUT2D eigenvalue weighted by atomic mass is 32.2. The van der Waals surface area contributed by atoms with Crippen molar-refractivity contribution in [3.63, 3.8) is 0 Å². The van der Waals surface area contributed by atoms with Crippen LogP contribution in [0.5, 0.6) is 0 Å². The predicted molar refractivity (Wildman–Crippen MR) is 171 cm³/mol. The van der Waals surface area contributed by atoms with E-state index in [4.69, 9.17) is 23.7 Å². The molecule has 0 saturated heterocycles. The van der Waals surface area contributed by atoms with E-state index in [1.807, 2.05) is 48.5 Å². The number of aliphatic hydroxyl groups is 1. The van der Waals surface area contributed by atoms with Gasteiger partial charge in [0, 0.05) is 31.1 Å². The molecule has 10 heteroatoms. The average Bonchev–Trinajstić information content (AvgIpc) is 2.85. The molecule has 0 radical (unpaired) electrons. The summed E-state index contributed by atoms with van der Waals surface area (Å²) in [5.41, 5.74) is -3.78. The molecule has 9 nitrogen and oxygen atoms in total. The number of carbonyl (C=O) groups excluding carboxylic acids is 2. The molecule has 0 bridgehead atoms. The molecule has 0 aromatic rings. The van der Waals surface area contributed by atoms with E-state index in [2.05, 4.69) is 18.7 Å². The second kappa shape index (κ2) is 18.7. The first-order valence-corrected chi connectivity index (χ1v) is 16.7. The van der Waals surface area contributed by atoms with Crippen LogP contribution in [-0.4, -0.2) is 102 Å². The molecular weight excluding hydrogens is 558 g/mol. The molecule has 0 fully saturated rings. The number of hydrogen-bond donors (Lipinski definition) is 1. The first-order valence-electron chi connectivity index (χ1n) is 15.5. The second-order valence-electron chi connectivity index (χ2n) is 13.8. The van der Waals surface area contributed by atoms with Crippen molar-refractivity contribution in [2.45, 2.75) is 131 Å². The molecule has 2 unspecified atom stereocenters. The third-order valence-corrected chi connectivity index (χ3v) is 8.10. The molecule has 0 aromatic heterocycles. The summed E-state index contributed by atoms with van der Waals surface area (Å²) in [5.74, 6) is 1.12. The van der Waals surface area contributed by atoms with Crippen LogP contribution in [0.15, 0.2) is 0 Å². The summed E-state index contributed by atoms with van der Waals surface area (Å²) in [6.45, 7) is 27.0. The minimum absolute atomic E-state index is 0.0636. The maximum atomic E-state index is 13.1. The average molecular weight is 622 g/mol. The molecule has 0 rings (SSSR count). The lowest BCUT2D eigenvalue weighted by atomic mass is 9.80. The number of carbonyl (C=O) groups is 2. The minimum atomic E-state index is -1.23. The molecule has 2 atom stereocenters. The minimum Gasteiger partial charge on any atom is -0.464 e. The van der Waals surface area contributed by atoms with Crippen LogP contribution < -0.4 is 0 Å². The Kier molecular flexibility index (Phi) is 18.2. The molecule has 0 saturated carbocycles. The molecule has 0 amide bonds. The van der Waals surface area contributed by atoms with Crippen molar-refractivity contribution in [1.29, 1.82) is 0 Å². The highest BCUT2D eigenvalue weighted by Crippen LogP contribution is 2.31. The lowest BCUT2D eigenvalue weighted by molar-refractivity contribution is -0.162. The summed E-state index contributed by atoms with van der Waals surface area (Å²) in [7, 11) is 0. The van der Waals surface area contributed by atoms with Crippen molar-refractivity contribution in [1.82, 2.24) is 4.90 Å². The molecule has 0 aromatic carbocycles. The van der Waals surface area contributed by atoms with Gasteiger partial charge < -0.3 is 33.7 Å². The Morgan fingerprint density at radius 3 is 1.90 bits per heavy atom. The number of thioether (sulfide) groups is 1. The second-order valence-corrected chi connectivity index (χ2v) is 15.1. The highest BCUT2D eigenvalue weighted by molar-refractivity contribution is 7.99. The number of esters is 1. The smallest absolute Gasteiger partial charge is 0.464 e.